The third kappa shape index (κ3) is 3.43. The first-order valence-electron chi connectivity index (χ1n) is 4.71. The fourth-order valence-electron chi connectivity index (χ4n) is 1.11. The molecule has 0 radical (unpaired) electrons. The van der Waals surface area contributed by atoms with E-state index in [0.717, 1.165) is 5.69 Å². The molecule has 0 aromatic heterocycles. The summed E-state index contributed by atoms with van der Waals surface area (Å²) < 4.78 is 0. The van der Waals surface area contributed by atoms with Crippen LogP contribution in [0.15, 0.2) is 18.2 Å². The number of nitriles is 1. The summed E-state index contributed by atoms with van der Waals surface area (Å²) in [4.78, 5) is 0. The molecule has 80 valence electrons. The number of hydrogen-bond acceptors (Lipinski definition) is 3. The van der Waals surface area contributed by atoms with E-state index in [-0.39, 0.29) is 12.5 Å². The highest BCUT2D eigenvalue weighted by Crippen LogP contribution is 2.19. The van der Waals surface area contributed by atoms with Gasteiger partial charge in [0.15, 0.2) is 0 Å². The number of rotatable bonds is 4. The zero-order valence-electron chi connectivity index (χ0n) is 8.50. The maximum absolute atomic E-state index is 8.87. The molecular weight excluding hydrogens is 212 g/mol. The number of aliphatic hydroxyl groups is 1. The van der Waals surface area contributed by atoms with E-state index in [1.54, 1.807) is 18.2 Å². The second-order valence-electron chi connectivity index (χ2n) is 3.47. The lowest BCUT2D eigenvalue weighted by atomic mass is 10.1. The smallest absolute Gasteiger partial charge is 0.101 e. The van der Waals surface area contributed by atoms with E-state index >= 15 is 0 Å². The minimum absolute atomic E-state index is 0.127. The number of anilines is 1. The molecule has 0 aliphatic heterocycles. The van der Waals surface area contributed by atoms with Crippen molar-refractivity contribution in [1.29, 1.82) is 5.26 Å². The van der Waals surface area contributed by atoms with Gasteiger partial charge in [-0.25, -0.2) is 0 Å². The zero-order valence-corrected chi connectivity index (χ0v) is 9.25. The molecule has 0 amide bonds. The maximum Gasteiger partial charge on any atom is 0.101 e. The summed E-state index contributed by atoms with van der Waals surface area (Å²) in [6, 6.07) is 7.19. The van der Waals surface area contributed by atoms with E-state index in [1.807, 2.05) is 6.92 Å². The Labute approximate surface area is 94.3 Å². The van der Waals surface area contributed by atoms with Crippen LogP contribution in [0.4, 0.5) is 5.69 Å². The Morgan fingerprint density at radius 2 is 2.33 bits per heavy atom. The van der Waals surface area contributed by atoms with Crippen molar-refractivity contribution in [1.82, 2.24) is 0 Å². The lowest BCUT2D eigenvalue weighted by Gasteiger charge is -2.11. The quantitative estimate of drug-likeness (QED) is 0.825. The third-order valence-electron chi connectivity index (χ3n) is 2.05. The van der Waals surface area contributed by atoms with Gasteiger partial charge >= 0.3 is 0 Å². The molecule has 3 nitrogen and oxygen atoms in total. The summed E-state index contributed by atoms with van der Waals surface area (Å²) in [5.41, 5.74) is 1.27. The van der Waals surface area contributed by atoms with Crippen molar-refractivity contribution in [2.24, 2.45) is 5.92 Å². The number of hydrogen-bond donors (Lipinski definition) is 2. The van der Waals surface area contributed by atoms with Crippen LogP contribution in [0.1, 0.15) is 12.5 Å². The minimum Gasteiger partial charge on any atom is -0.396 e. The summed E-state index contributed by atoms with van der Waals surface area (Å²) in [6.07, 6.45) is 0. The van der Waals surface area contributed by atoms with Crippen LogP contribution < -0.4 is 5.32 Å². The number of halogens is 1. The second kappa shape index (κ2) is 5.59. The van der Waals surface area contributed by atoms with Gasteiger partial charge in [0.1, 0.15) is 6.07 Å². The summed E-state index contributed by atoms with van der Waals surface area (Å²) in [5.74, 6) is 0.159. The lowest BCUT2D eigenvalue weighted by molar-refractivity contribution is 0.244. The Bertz CT molecular complexity index is 373. The van der Waals surface area contributed by atoms with Crippen LogP contribution >= 0.6 is 11.6 Å². The number of aliphatic hydroxyl groups excluding tert-OH is 1. The highest BCUT2D eigenvalue weighted by atomic mass is 35.5. The van der Waals surface area contributed by atoms with E-state index in [2.05, 4.69) is 11.4 Å². The van der Waals surface area contributed by atoms with Gasteiger partial charge in [0, 0.05) is 18.2 Å². The number of nitrogens with one attached hydrogen (secondary N) is 1. The molecule has 0 bridgehead atoms. The van der Waals surface area contributed by atoms with Crippen molar-refractivity contribution >= 4 is 17.3 Å². The van der Waals surface area contributed by atoms with E-state index in [4.69, 9.17) is 22.0 Å². The normalized spacial score (nSPS) is 11.9. The first kappa shape index (κ1) is 11.8. The van der Waals surface area contributed by atoms with Gasteiger partial charge < -0.3 is 10.4 Å². The molecule has 15 heavy (non-hydrogen) atoms. The monoisotopic (exact) mass is 224 g/mol. The molecule has 0 aliphatic rings. The largest absolute Gasteiger partial charge is 0.396 e. The predicted molar refractivity (Wildman–Crippen MR) is 60.9 cm³/mol. The first-order chi connectivity index (χ1) is 7.17. The van der Waals surface area contributed by atoms with E-state index in [1.165, 1.54) is 0 Å². The van der Waals surface area contributed by atoms with Crippen molar-refractivity contribution in [3.05, 3.63) is 28.8 Å². The first-order valence-corrected chi connectivity index (χ1v) is 5.09. The molecular formula is C11H13ClN2O. The van der Waals surface area contributed by atoms with Crippen LogP contribution in [-0.2, 0) is 0 Å². The fourth-order valence-corrected chi connectivity index (χ4v) is 1.28. The summed E-state index contributed by atoms with van der Waals surface area (Å²) in [7, 11) is 0. The third-order valence-corrected chi connectivity index (χ3v) is 2.29. The van der Waals surface area contributed by atoms with Crippen LogP contribution in [0.2, 0.25) is 5.02 Å². The van der Waals surface area contributed by atoms with Crippen molar-refractivity contribution in [2.75, 3.05) is 18.5 Å². The second-order valence-corrected chi connectivity index (χ2v) is 3.91. The fraction of sp³-hybridized carbons (Fsp3) is 0.364. The van der Waals surface area contributed by atoms with E-state index < -0.39 is 0 Å². The average Bonchev–Trinajstić information content (AvgIpc) is 2.26. The van der Waals surface area contributed by atoms with Gasteiger partial charge in [-0.05, 0) is 24.1 Å². The Balaban J connectivity index is 2.73. The Morgan fingerprint density at radius 1 is 1.60 bits per heavy atom. The van der Waals surface area contributed by atoms with Gasteiger partial charge in [0.25, 0.3) is 0 Å². The van der Waals surface area contributed by atoms with Crippen molar-refractivity contribution in [3.8, 4) is 6.07 Å². The molecule has 4 heteroatoms. The minimum atomic E-state index is 0.127. The highest BCUT2D eigenvalue weighted by molar-refractivity contribution is 6.30. The summed E-state index contributed by atoms with van der Waals surface area (Å²) in [6.45, 7) is 2.68. The van der Waals surface area contributed by atoms with Gasteiger partial charge in [0.05, 0.1) is 11.3 Å². The zero-order chi connectivity index (χ0) is 11.3. The van der Waals surface area contributed by atoms with Gasteiger partial charge in [-0.1, -0.05) is 18.5 Å². The highest BCUT2D eigenvalue weighted by Gasteiger charge is 2.04. The van der Waals surface area contributed by atoms with E-state index in [9.17, 15) is 0 Å². The summed E-state index contributed by atoms with van der Waals surface area (Å²) in [5, 5.41) is 21.4. The standard InChI is InChI=1S/C11H13ClN2O/c1-8(7-15)6-14-11-3-2-10(12)4-9(11)5-13/h2-4,8,14-15H,6-7H2,1H3. The molecule has 0 heterocycles. The lowest BCUT2D eigenvalue weighted by Crippen LogP contribution is -2.15. The van der Waals surface area contributed by atoms with Gasteiger partial charge in [-0.3, -0.25) is 0 Å². The van der Waals surface area contributed by atoms with Crippen LogP contribution in [0, 0.1) is 17.2 Å². The molecule has 1 unspecified atom stereocenters. The molecule has 0 saturated heterocycles. The van der Waals surface area contributed by atoms with Crippen LogP contribution in [-0.4, -0.2) is 18.3 Å². The van der Waals surface area contributed by atoms with Crippen molar-refractivity contribution in [3.63, 3.8) is 0 Å². The molecule has 1 aromatic carbocycles. The Morgan fingerprint density at radius 3 is 2.93 bits per heavy atom. The summed E-state index contributed by atoms with van der Waals surface area (Å²) >= 11 is 5.77. The molecule has 1 atom stereocenters. The average molecular weight is 225 g/mol. The Hall–Kier alpha value is -1.24. The molecule has 0 spiro atoms. The van der Waals surface area contributed by atoms with Gasteiger partial charge in [-0.15, -0.1) is 0 Å². The maximum atomic E-state index is 8.87. The topological polar surface area (TPSA) is 56.0 Å². The van der Waals surface area contributed by atoms with Crippen LogP contribution in [0.25, 0.3) is 0 Å². The van der Waals surface area contributed by atoms with Crippen LogP contribution in [0.3, 0.4) is 0 Å². The molecule has 1 rings (SSSR count). The van der Waals surface area contributed by atoms with Gasteiger partial charge in [-0.2, -0.15) is 5.26 Å². The molecule has 0 saturated carbocycles. The molecule has 1 aromatic rings. The molecule has 0 aliphatic carbocycles. The number of benzene rings is 1. The number of nitrogens with zero attached hydrogens (tertiary/aromatic N) is 1. The van der Waals surface area contributed by atoms with Crippen LogP contribution in [0.5, 0.6) is 0 Å². The predicted octanol–water partition coefficient (Wildman–Crippen LogP) is 2.25. The van der Waals surface area contributed by atoms with Gasteiger partial charge in [0.2, 0.25) is 0 Å². The molecule has 0 fully saturated rings. The van der Waals surface area contributed by atoms with E-state index in [0.29, 0.717) is 17.1 Å². The van der Waals surface area contributed by atoms with Crippen molar-refractivity contribution in [2.45, 2.75) is 6.92 Å². The van der Waals surface area contributed by atoms with Crippen molar-refractivity contribution < 1.29 is 5.11 Å². The Kier molecular flexibility index (Phi) is 4.41. The SMILES string of the molecule is CC(CO)CNc1ccc(Cl)cc1C#N. The molecule has 2 N–H and O–H groups in total.